The number of nitriles is 1. The molecule has 0 aliphatic rings. The molecule has 0 fully saturated rings. The summed E-state index contributed by atoms with van der Waals surface area (Å²) in [7, 11) is 1.72. The van der Waals surface area contributed by atoms with Crippen molar-refractivity contribution in [2.45, 2.75) is 6.61 Å². The molecule has 0 N–H and O–H groups in total. The van der Waals surface area contributed by atoms with Crippen molar-refractivity contribution in [1.82, 2.24) is 4.90 Å². The summed E-state index contributed by atoms with van der Waals surface area (Å²) in [5.74, 6) is -0.134. The quantitative estimate of drug-likeness (QED) is 0.771. The van der Waals surface area contributed by atoms with Crippen LogP contribution in [-0.4, -0.2) is 31.0 Å². The molecule has 108 valence electrons. The smallest absolute Gasteiger partial charge is 0.265 e. The zero-order valence-electron chi connectivity index (χ0n) is 11.8. The Labute approximate surface area is 128 Å². The molecule has 1 aromatic heterocycles. The lowest BCUT2D eigenvalue weighted by Gasteiger charge is -2.16. The van der Waals surface area contributed by atoms with Crippen LogP contribution in [0.5, 0.6) is 0 Å². The highest BCUT2D eigenvalue weighted by Crippen LogP contribution is 2.17. The van der Waals surface area contributed by atoms with Crippen molar-refractivity contribution in [3.8, 4) is 6.07 Å². The van der Waals surface area contributed by atoms with Crippen molar-refractivity contribution in [2.75, 3.05) is 20.2 Å². The number of carbonyl (C=O) groups excluding carboxylic acids is 1. The van der Waals surface area contributed by atoms with Gasteiger partial charge in [0.05, 0.1) is 18.8 Å². The van der Waals surface area contributed by atoms with Crippen LogP contribution in [0.25, 0.3) is 0 Å². The molecule has 0 aliphatic heterocycles. The largest absolute Gasteiger partial charge is 0.375 e. The monoisotopic (exact) mass is 300 g/mol. The summed E-state index contributed by atoms with van der Waals surface area (Å²) >= 11 is 1.29. The van der Waals surface area contributed by atoms with E-state index < -0.39 is 0 Å². The van der Waals surface area contributed by atoms with Gasteiger partial charge in [0, 0.05) is 13.6 Å². The summed E-state index contributed by atoms with van der Waals surface area (Å²) in [6, 6.07) is 13.6. The van der Waals surface area contributed by atoms with Gasteiger partial charge in [0.2, 0.25) is 0 Å². The average molecular weight is 300 g/mol. The summed E-state index contributed by atoms with van der Waals surface area (Å²) in [6.07, 6.45) is 0. The van der Waals surface area contributed by atoms with E-state index in [1.807, 2.05) is 36.4 Å². The molecule has 0 bridgehead atoms. The molecular formula is C16H16N2O2S. The minimum Gasteiger partial charge on any atom is -0.375 e. The van der Waals surface area contributed by atoms with Crippen LogP contribution in [0.3, 0.4) is 0 Å². The zero-order chi connectivity index (χ0) is 15.1. The summed E-state index contributed by atoms with van der Waals surface area (Å²) in [5.41, 5.74) is 1.54. The third kappa shape index (κ3) is 4.15. The maximum Gasteiger partial charge on any atom is 0.265 e. The molecule has 5 heteroatoms. The Balaban J connectivity index is 1.78. The second kappa shape index (κ2) is 7.58. The minimum absolute atomic E-state index is 0.134. The number of likely N-dealkylation sites (N-methyl/N-ethyl adjacent to an activating group) is 1. The topological polar surface area (TPSA) is 53.3 Å². The standard InChI is InChI=1S/C16H16N2O2S/c1-18(16(19)15-14(11-17)7-10-21-15)8-9-20-12-13-5-3-2-4-6-13/h2-7,10H,8-9,12H2,1H3. The SMILES string of the molecule is CN(CCOCc1ccccc1)C(=O)c1sccc1C#N. The number of amides is 1. The van der Waals surface area contributed by atoms with E-state index in [0.717, 1.165) is 5.56 Å². The van der Waals surface area contributed by atoms with Gasteiger partial charge in [-0.2, -0.15) is 5.26 Å². The zero-order valence-corrected chi connectivity index (χ0v) is 12.6. The summed E-state index contributed by atoms with van der Waals surface area (Å²) < 4.78 is 5.56. The average Bonchev–Trinajstić information content (AvgIpc) is 3.00. The van der Waals surface area contributed by atoms with Crippen molar-refractivity contribution in [2.24, 2.45) is 0 Å². The van der Waals surface area contributed by atoms with Crippen LogP contribution < -0.4 is 0 Å². The van der Waals surface area contributed by atoms with Gasteiger partial charge >= 0.3 is 0 Å². The third-order valence-electron chi connectivity index (χ3n) is 3.01. The van der Waals surface area contributed by atoms with E-state index >= 15 is 0 Å². The molecular weight excluding hydrogens is 284 g/mol. The molecule has 0 saturated carbocycles. The lowest BCUT2D eigenvalue weighted by molar-refractivity contribution is 0.0674. The second-order valence-electron chi connectivity index (χ2n) is 4.54. The fourth-order valence-corrected chi connectivity index (χ4v) is 2.64. The molecule has 4 nitrogen and oxygen atoms in total. The Morgan fingerprint density at radius 1 is 1.33 bits per heavy atom. The minimum atomic E-state index is -0.134. The predicted octanol–water partition coefficient (Wildman–Crippen LogP) is 2.91. The lowest BCUT2D eigenvalue weighted by Crippen LogP contribution is -2.30. The molecule has 0 spiro atoms. The molecule has 0 atom stereocenters. The highest BCUT2D eigenvalue weighted by molar-refractivity contribution is 7.12. The molecule has 1 amide bonds. The third-order valence-corrected chi connectivity index (χ3v) is 3.91. The molecule has 0 aliphatic carbocycles. The molecule has 0 saturated heterocycles. The van der Waals surface area contributed by atoms with E-state index in [-0.39, 0.29) is 5.91 Å². The van der Waals surface area contributed by atoms with Crippen LogP contribution in [0.2, 0.25) is 0 Å². The van der Waals surface area contributed by atoms with Crippen molar-refractivity contribution in [3.63, 3.8) is 0 Å². The van der Waals surface area contributed by atoms with Crippen LogP contribution in [0.1, 0.15) is 20.8 Å². The molecule has 2 rings (SSSR count). The van der Waals surface area contributed by atoms with Crippen molar-refractivity contribution < 1.29 is 9.53 Å². The van der Waals surface area contributed by atoms with Crippen LogP contribution in [0.15, 0.2) is 41.8 Å². The molecule has 21 heavy (non-hydrogen) atoms. The highest BCUT2D eigenvalue weighted by atomic mass is 32.1. The van der Waals surface area contributed by atoms with Gasteiger partial charge in [-0.3, -0.25) is 4.79 Å². The number of hydrogen-bond acceptors (Lipinski definition) is 4. The summed E-state index contributed by atoms with van der Waals surface area (Å²) in [4.78, 5) is 14.2. The molecule has 0 unspecified atom stereocenters. The van der Waals surface area contributed by atoms with Gasteiger partial charge in [-0.1, -0.05) is 30.3 Å². The first-order chi connectivity index (χ1) is 10.2. The maximum absolute atomic E-state index is 12.2. The Bertz CT molecular complexity index is 631. The first-order valence-corrected chi connectivity index (χ1v) is 7.45. The van der Waals surface area contributed by atoms with Gasteiger partial charge in [-0.15, -0.1) is 11.3 Å². The van der Waals surface area contributed by atoms with E-state index in [9.17, 15) is 4.79 Å². The lowest BCUT2D eigenvalue weighted by atomic mass is 10.2. The molecule has 1 heterocycles. The molecule has 1 aromatic carbocycles. The van der Waals surface area contributed by atoms with E-state index in [2.05, 4.69) is 0 Å². The Morgan fingerprint density at radius 3 is 2.81 bits per heavy atom. The van der Waals surface area contributed by atoms with Gasteiger partial charge in [-0.25, -0.2) is 0 Å². The first-order valence-electron chi connectivity index (χ1n) is 6.57. The van der Waals surface area contributed by atoms with Gasteiger partial charge < -0.3 is 9.64 Å². The normalized spacial score (nSPS) is 10.1. The number of thiophene rings is 1. The molecule has 2 aromatic rings. The van der Waals surface area contributed by atoms with Crippen molar-refractivity contribution in [3.05, 3.63) is 57.8 Å². The number of benzene rings is 1. The summed E-state index contributed by atoms with van der Waals surface area (Å²) in [6.45, 7) is 1.49. The predicted molar refractivity (Wildman–Crippen MR) is 82.1 cm³/mol. The number of ether oxygens (including phenoxy) is 1. The fourth-order valence-electron chi connectivity index (χ4n) is 1.80. The van der Waals surface area contributed by atoms with E-state index in [4.69, 9.17) is 10.00 Å². The van der Waals surface area contributed by atoms with Crippen LogP contribution in [0.4, 0.5) is 0 Å². The Morgan fingerprint density at radius 2 is 2.10 bits per heavy atom. The first kappa shape index (κ1) is 15.2. The van der Waals surface area contributed by atoms with Crippen molar-refractivity contribution in [1.29, 1.82) is 5.26 Å². The summed E-state index contributed by atoms with van der Waals surface area (Å²) in [5, 5.41) is 10.7. The van der Waals surface area contributed by atoms with Gasteiger partial charge in [0.1, 0.15) is 10.9 Å². The van der Waals surface area contributed by atoms with E-state index in [1.54, 1.807) is 23.4 Å². The number of carbonyl (C=O) groups is 1. The van der Waals surface area contributed by atoms with Crippen molar-refractivity contribution >= 4 is 17.2 Å². The van der Waals surface area contributed by atoms with E-state index in [0.29, 0.717) is 30.2 Å². The van der Waals surface area contributed by atoms with E-state index in [1.165, 1.54) is 11.3 Å². The highest BCUT2D eigenvalue weighted by Gasteiger charge is 2.16. The van der Waals surface area contributed by atoms with Crippen LogP contribution >= 0.6 is 11.3 Å². The maximum atomic E-state index is 12.2. The second-order valence-corrected chi connectivity index (χ2v) is 5.46. The Hall–Kier alpha value is -2.16. The number of rotatable bonds is 6. The number of nitrogens with zero attached hydrogens (tertiary/aromatic N) is 2. The fraction of sp³-hybridized carbons (Fsp3) is 0.250. The van der Waals surface area contributed by atoms with Gasteiger partial charge in [-0.05, 0) is 17.0 Å². The van der Waals surface area contributed by atoms with Gasteiger partial charge in [0.15, 0.2) is 0 Å². The number of hydrogen-bond donors (Lipinski definition) is 0. The Kier molecular flexibility index (Phi) is 5.50. The van der Waals surface area contributed by atoms with Crippen LogP contribution in [-0.2, 0) is 11.3 Å². The van der Waals surface area contributed by atoms with Crippen LogP contribution in [0, 0.1) is 11.3 Å². The molecule has 0 radical (unpaired) electrons. The van der Waals surface area contributed by atoms with Gasteiger partial charge in [0.25, 0.3) is 5.91 Å².